The van der Waals surface area contributed by atoms with Crippen LogP contribution < -0.4 is 10.1 Å². The zero-order chi connectivity index (χ0) is 14.4. The standard InChI is InChI=1S/C16H27N3O/c1-4-17-11-14-5-7-19(8-6-14)12-15-10-16(20-3)9-13(2)18-15/h9-10,14,17H,4-8,11-12H2,1-3H3. The largest absolute Gasteiger partial charge is 0.497 e. The van der Waals surface area contributed by atoms with Crippen LogP contribution >= 0.6 is 0 Å². The first-order valence-corrected chi connectivity index (χ1v) is 7.66. The van der Waals surface area contributed by atoms with E-state index in [4.69, 9.17) is 4.74 Å². The Morgan fingerprint density at radius 1 is 1.35 bits per heavy atom. The lowest BCUT2D eigenvalue weighted by Crippen LogP contribution is -2.37. The molecule has 4 nitrogen and oxygen atoms in total. The molecule has 1 aromatic heterocycles. The third-order valence-corrected chi connectivity index (χ3v) is 3.99. The molecule has 2 heterocycles. The Bertz CT molecular complexity index is 414. The molecule has 0 radical (unpaired) electrons. The summed E-state index contributed by atoms with van der Waals surface area (Å²) in [5.74, 6) is 1.75. The van der Waals surface area contributed by atoms with Gasteiger partial charge in [-0.05, 0) is 51.9 Å². The summed E-state index contributed by atoms with van der Waals surface area (Å²) in [6, 6.07) is 4.03. The number of rotatable bonds is 6. The number of piperidine rings is 1. The summed E-state index contributed by atoms with van der Waals surface area (Å²) in [7, 11) is 1.71. The maximum atomic E-state index is 5.32. The van der Waals surface area contributed by atoms with E-state index in [0.29, 0.717) is 0 Å². The zero-order valence-electron chi connectivity index (χ0n) is 13.0. The van der Waals surface area contributed by atoms with Gasteiger partial charge in [-0.25, -0.2) is 0 Å². The second-order valence-electron chi connectivity index (χ2n) is 5.67. The summed E-state index contributed by atoms with van der Waals surface area (Å²) < 4.78 is 5.32. The average molecular weight is 277 g/mol. The van der Waals surface area contributed by atoms with E-state index in [-0.39, 0.29) is 0 Å². The van der Waals surface area contributed by atoms with Crippen molar-refractivity contribution in [2.75, 3.05) is 33.3 Å². The van der Waals surface area contributed by atoms with Crippen molar-refractivity contribution in [2.45, 2.75) is 33.2 Å². The number of likely N-dealkylation sites (tertiary alicyclic amines) is 1. The molecular formula is C16H27N3O. The molecule has 1 aromatic rings. The fourth-order valence-electron chi connectivity index (χ4n) is 2.83. The first-order chi connectivity index (χ1) is 9.71. The molecule has 1 aliphatic rings. The van der Waals surface area contributed by atoms with Crippen LogP contribution in [0.5, 0.6) is 5.75 Å². The van der Waals surface area contributed by atoms with Gasteiger partial charge < -0.3 is 10.1 Å². The number of nitrogens with zero attached hydrogens (tertiary/aromatic N) is 2. The Morgan fingerprint density at radius 3 is 2.75 bits per heavy atom. The molecule has 0 atom stereocenters. The highest BCUT2D eigenvalue weighted by atomic mass is 16.5. The van der Waals surface area contributed by atoms with Crippen molar-refractivity contribution in [1.82, 2.24) is 15.2 Å². The molecule has 0 amide bonds. The lowest BCUT2D eigenvalue weighted by atomic mass is 9.96. The van der Waals surface area contributed by atoms with E-state index in [2.05, 4.69) is 28.2 Å². The van der Waals surface area contributed by atoms with E-state index < -0.39 is 0 Å². The zero-order valence-corrected chi connectivity index (χ0v) is 13.0. The fraction of sp³-hybridized carbons (Fsp3) is 0.688. The molecule has 4 heteroatoms. The van der Waals surface area contributed by atoms with Gasteiger partial charge in [0.15, 0.2) is 0 Å². The van der Waals surface area contributed by atoms with Crippen molar-refractivity contribution in [3.8, 4) is 5.75 Å². The minimum absolute atomic E-state index is 0.839. The molecular weight excluding hydrogens is 250 g/mol. The molecule has 1 N–H and O–H groups in total. The summed E-state index contributed by atoms with van der Waals surface area (Å²) in [5.41, 5.74) is 2.15. The van der Waals surface area contributed by atoms with Crippen LogP contribution in [0.3, 0.4) is 0 Å². The van der Waals surface area contributed by atoms with Crippen LogP contribution in [0.15, 0.2) is 12.1 Å². The number of nitrogens with one attached hydrogen (secondary N) is 1. The van der Waals surface area contributed by atoms with Crippen molar-refractivity contribution in [1.29, 1.82) is 0 Å². The quantitative estimate of drug-likeness (QED) is 0.865. The van der Waals surface area contributed by atoms with Gasteiger partial charge in [-0.2, -0.15) is 0 Å². The highest BCUT2D eigenvalue weighted by Crippen LogP contribution is 2.20. The van der Waals surface area contributed by atoms with Crippen LogP contribution in [0.1, 0.15) is 31.2 Å². The van der Waals surface area contributed by atoms with E-state index in [9.17, 15) is 0 Å². The summed E-state index contributed by atoms with van der Waals surface area (Å²) in [5, 5.41) is 3.46. The molecule has 20 heavy (non-hydrogen) atoms. The Labute approximate surface area is 122 Å². The second kappa shape index (κ2) is 7.60. The summed E-state index contributed by atoms with van der Waals surface area (Å²) in [6.07, 6.45) is 2.58. The van der Waals surface area contributed by atoms with Crippen molar-refractivity contribution in [3.63, 3.8) is 0 Å². The van der Waals surface area contributed by atoms with Crippen LogP contribution in [0.2, 0.25) is 0 Å². The lowest BCUT2D eigenvalue weighted by molar-refractivity contribution is 0.174. The van der Waals surface area contributed by atoms with E-state index in [0.717, 1.165) is 36.1 Å². The maximum absolute atomic E-state index is 5.32. The van der Waals surface area contributed by atoms with Crippen molar-refractivity contribution in [2.24, 2.45) is 5.92 Å². The number of hydrogen-bond acceptors (Lipinski definition) is 4. The number of aryl methyl sites for hydroxylation is 1. The molecule has 1 fully saturated rings. The van der Waals surface area contributed by atoms with Crippen LogP contribution in [-0.4, -0.2) is 43.2 Å². The second-order valence-corrected chi connectivity index (χ2v) is 5.67. The number of aromatic nitrogens is 1. The minimum atomic E-state index is 0.839. The first-order valence-electron chi connectivity index (χ1n) is 7.66. The first kappa shape index (κ1) is 15.3. The minimum Gasteiger partial charge on any atom is -0.497 e. The van der Waals surface area contributed by atoms with Gasteiger partial charge in [0, 0.05) is 24.4 Å². The molecule has 1 saturated heterocycles. The Morgan fingerprint density at radius 2 is 2.10 bits per heavy atom. The van der Waals surface area contributed by atoms with Gasteiger partial charge in [0.05, 0.1) is 12.8 Å². The van der Waals surface area contributed by atoms with Crippen molar-refractivity contribution >= 4 is 0 Å². The number of hydrogen-bond donors (Lipinski definition) is 1. The van der Waals surface area contributed by atoms with Gasteiger partial charge in [-0.1, -0.05) is 6.92 Å². The molecule has 0 saturated carbocycles. The Balaban J connectivity index is 1.84. The van der Waals surface area contributed by atoms with Gasteiger partial charge in [0.1, 0.15) is 5.75 Å². The normalized spacial score (nSPS) is 17.4. The Kier molecular flexibility index (Phi) is 5.80. The molecule has 112 valence electrons. The van der Waals surface area contributed by atoms with Crippen LogP contribution in [0.4, 0.5) is 0 Å². The predicted molar refractivity (Wildman–Crippen MR) is 82.1 cm³/mol. The summed E-state index contributed by atoms with van der Waals surface area (Å²) >= 11 is 0. The van der Waals surface area contributed by atoms with Gasteiger partial charge in [-0.15, -0.1) is 0 Å². The maximum Gasteiger partial charge on any atom is 0.122 e. The molecule has 0 aromatic carbocycles. The topological polar surface area (TPSA) is 37.4 Å². The third-order valence-electron chi connectivity index (χ3n) is 3.99. The highest BCUT2D eigenvalue weighted by Gasteiger charge is 2.19. The highest BCUT2D eigenvalue weighted by molar-refractivity contribution is 5.26. The van der Waals surface area contributed by atoms with Gasteiger partial charge in [0.25, 0.3) is 0 Å². The third kappa shape index (κ3) is 4.46. The number of methoxy groups -OCH3 is 1. The fourth-order valence-corrected chi connectivity index (χ4v) is 2.83. The predicted octanol–water partition coefficient (Wildman–Crippen LogP) is 2.22. The van der Waals surface area contributed by atoms with E-state index >= 15 is 0 Å². The molecule has 0 aliphatic carbocycles. The number of pyridine rings is 1. The van der Waals surface area contributed by atoms with E-state index in [1.165, 1.54) is 32.5 Å². The van der Waals surface area contributed by atoms with Crippen LogP contribution in [0, 0.1) is 12.8 Å². The van der Waals surface area contributed by atoms with Gasteiger partial charge >= 0.3 is 0 Å². The molecule has 0 bridgehead atoms. The smallest absolute Gasteiger partial charge is 0.122 e. The lowest BCUT2D eigenvalue weighted by Gasteiger charge is -2.31. The molecule has 0 spiro atoms. The van der Waals surface area contributed by atoms with Gasteiger partial charge in [0.2, 0.25) is 0 Å². The van der Waals surface area contributed by atoms with E-state index in [1.807, 2.05) is 13.0 Å². The molecule has 0 unspecified atom stereocenters. The van der Waals surface area contributed by atoms with Gasteiger partial charge in [-0.3, -0.25) is 9.88 Å². The molecule has 1 aliphatic heterocycles. The SMILES string of the molecule is CCNCC1CCN(Cc2cc(OC)cc(C)n2)CC1. The summed E-state index contributed by atoms with van der Waals surface area (Å²) in [4.78, 5) is 7.11. The van der Waals surface area contributed by atoms with Crippen molar-refractivity contribution in [3.05, 3.63) is 23.5 Å². The van der Waals surface area contributed by atoms with Crippen molar-refractivity contribution < 1.29 is 4.74 Å². The molecule has 2 rings (SSSR count). The average Bonchev–Trinajstić information content (AvgIpc) is 2.46. The Hall–Kier alpha value is -1.13. The van der Waals surface area contributed by atoms with E-state index in [1.54, 1.807) is 7.11 Å². The summed E-state index contributed by atoms with van der Waals surface area (Å²) in [6.45, 7) is 9.72. The monoisotopic (exact) mass is 277 g/mol. The van der Waals surface area contributed by atoms with Crippen LogP contribution in [-0.2, 0) is 6.54 Å². The number of ether oxygens (including phenoxy) is 1. The van der Waals surface area contributed by atoms with Crippen LogP contribution in [0.25, 0.3) is 0 Å².